The lowest BCUT2D eigenvalue weighted by atomic mass is 10.2. The zero-order valence-electron chi connectivity index (χ0n) is 11.1. The third-order valence-electron chi connectivity index (χ3n) is 2.64. The van der Waals surface area contributed by atoms with Crippen molar-refractivity contribution >= 4 is 39.2 Å². The van der Waals surface area contributed by atoms with Gasteiger partial charge in [-0.3, -0.25) is 0 Å². The van der Waals surface area contributed by atoms with E-state index >= 15 is 0 Å². The van der Waals surface area contributed by atoms with Gasteiger partial charge in [-0.05, 0) is 18.6 Å². The van der Waals surface area contributed by atoms with Crippen LogP contribution in [0.4, 0.5) is 0 Å². The fourth-order valence-corrected chi connectivity index (χ4v) is 3.76. The topological polar surface area (TPSA) is 83.5 Å². The molecule has 1 unspecified atom stereocenters. The number of carbonyl (C=O) groups is 1. The molecule has 0 aromatic heterocycles. The Morgan fingerprint density at radius 2 is 2.10 bits per heavy atom. The van der Waals surface area contributed by atoms with Gasteiger partial charge in [0.05, 0.1) is 21.7 Å². The Morgan fingerprint density at radius 3 is 2.57 bits per heavy atom. The predicted molar refractivity (Wildman–Crippen MR) is 81.3 cm³/mol. The van der Waals surface area contributed by atoms with Crippen LogP contribution in [0.3, 0.4) is 0 Å². The van der Waals surface area contributed by atoms with Crippen LogP contribution in [0.15, 0.2) is 17.0 Å². The summed E-state index contributed by atoms with van der Waals surface area (Å²) in [6.45, 7) is 1.86. The van der Waals surface area contributed by atoms with Crippen LogP contribution in [0.1, 0.15) is 30.1 Å². The minimum absolute atomic E-state index is 0.145. The summed E-state index contributed by atoms with van der Waals surface area (Å²) < 4.78 is 26.8. The number of benzene rings is 1. The van der Waals surface area contributed by atoms with Crippen molar-refractivity contribution in [2.24, 2.45) is 0 Å². The monoisotopic (exact) mass is 349 g/mol. The Kier molecular flexibility index (Phi) is 6.05. The van der Waals surface area contributed by atoms with Crippen LogP contribution in [0.25, 0.3) is 0 Å². The molecule has 0 aliphatic carbocycles. The van der Waals surface area contributed by atoms with Crippen molar-refractivity contribution in [2.75, 3.05) is 0 Å². The molecule has 114 valence electrons. The summed E-state index contributed by atoms with van der Waals surface area (Å²) >= 11 is 11.6. The average Bonchev–Trinajstić information content (AvgIpc) is 2.37. The van der Waals surface area contributed by atoms with E-state index in [4.69, 9.17) is 34.7 Å². The van der Waals surface area contributed by atoms with Crippen LogP contribution in [-0.2, 0) is 10.0 Å². The molecule has 0 aliphatic heterocycles. The first-order valence-corrected chi connectivity index (χ1v) is 8.18. The van der Waals surface area contributed by atoms with Crippen molar-refractivity contribution in [3.63, 3.8) is 0 Å². The second-order valence-corrected chi connectivity index (χ2v) is 6.64. The van der Waals surface area contributed by atoms with Crippen molar-refractivity contribution in [1.29, 1.82) is 0 Å². The molecular weight excluding hydrogens is 337 g/mol. The summed E-state index contributed by atoms with van der Waals surface area (Å²) in [6.07, 6.45) is 6.40. The Bertz CT molecular complexity index is 695. The molecule has 1 rings (SSSR count). The van der Waals surface area contributed by atoms with E-state index < -0.39 is 32.6 Å². The number of hydrogen-bond acceptors (Lipinski definition) is 3. The molecule has 5 nitrogen and oxygen atoms in total. The molecule has 1 atom stereocenters. The number of sulfonamides is 1. The Morgan fingerprint density at radius 1 is 1.48 bits per heavy atom. The van der Waals surface area contributed by atoms with Crippen LogP contribution in [-0.4, -0.2) is 25.5 Å². The van der Waals surface area contributed by atoms with Gasteiger partial charge in [0.2, 0.25) is 10.0 Å². The number of terminal acetylenes is 1. The van der Waals surface area contributed by atoms with Gasteiger partial charge in [-0.2, -0.15) is 4.72 Å². The molecule has 1 aromatic carbocycles. The fourth-order valence-electron chi connectivity index (χ4n) is 1.65. The van der Waals surface area contributed by atoms with Crippen LogP contribution in [0.2, 0.25) is 10.0 Å². The minimum Gasteiger partial charge on any atom is -0.478 e. The highest BCUT2D eigenvalue weighted by Gasteiger charge is 2.26. The zero-order valence-corrected chi connectivity index (χ0v) is 13.4. The van der Waals surface area contributed by atoms with Crippen molar-refractivity contribution in [3.05, 3.63) is 27.7 Å². The summed E-state index contributed by atoms with van der Waals surface area (Å²) in [5.41, 5.74) is -0.464. The van der Waals surface area contributed by atoms with Gasteiger partial charge in [0.25, 0.3) is 0 Å². The maximum atomic E-state index is 12.3. The second-order valence-electron chi connectivity index (χ2n) is 4.17. The van der Waals surface area contributed by atoms with Crippen molar-refractivity contribution < 1.29 is 18.3 Å². The van der Waals surface area contributed by atoms with Crippen LogP contribution in [0, 0.1) is 12.3 Å². The molecule has 0 aliphatic rings. The molecule has 2 N–H and O–H groups in total. The van der Waals surface area contributed by atoms with Gasteiger partial charge >= 0.3 is 5.97 Å². The number of aromatic carboxylic acids is 1. The van der Waals surface area contributed by atoms with Gasteiger partial charge in [0.15, 0.2) is 0 Å². The van der Waals surface area contributed by atoms with Gasteiger partial charge in [-0.1, -0.05) is 42.5 Å². The van der Waals surface area contributed by atoms with E-state index in [-0.39, 0.29) is 9.92 Å². The Labute approximate surface area is 133 Å². The largest absolute Gasteiger partial charge is 0.478 e. The van der Waals surface area contributed by atoms with Gasteiger partial charge in [0.1, 0.15) is 4.90 Å². The Balaban J connectivity index is 3.31. The Hall–Kier alpha value is -1.26. The standard InChI is InChI=1S/C13H13Cl2NO4S/c1-3-5-8(4-2)16-21(19,20)10-7-6-9(14)11(12(10)15)13(17)18/h2,6-8,16H,3,5H2,1H3,(H,17,18). The van der Waals surface area contributed by atoms with Crippen LogP contribution >= 0.6 is 23.2 Å². The van der Waals surface area contributed by atoms with Crippen LogP contribution in [0.5, 0.6) is 0 Å². The van der Waals surface area contributed by atoms with Crippen LogP contribution < -0.4 is 4.72 Å². The summed E-state index contributed by atoms with van der Waals surface area (Å²) in [4.78, 5) is 10.7. The highest BCUT2D eigenvalue weighted by atomic mass is 35.5. The molecule has 0 radical (unpaired) electrons. The molecule has 21 heavy (non-hydrogen) atoms. The molecule has 0 amide bonds. The normalized spacial score (nSPS) is 12.7. The van der Waals surface area contributed by atoms with E-state index in [2.05, 4.69) is 10.6 Å². The van der Waals surface area contributed by atoms with Gasteiger partial charge in [-0.25, -0.2) is 13.2 Å². The maximum absolute atomic E-state index is 12.3. The first-order valence-electron chi connectivity index (χ1n) is 5.94. The molecule has 8 heteroatoms. The maximum Gasteiger partial charge on any atom is 0.338 e. The van der Waals surface area contributed by atoms with Gasteiger partial charge < -0.3 is 5.11 Å². The highest BCUT2D eigenvalue weighted by molar-refractivity contribution is 7.89. The number of halogens is 2. The van der Waals surface area contributed by atoms with E-state index in [1.807, 2.05) is 6.92 Å². The number of rotatable bonds is 6. The van der Waals surface area contributed by atoms with Crippen molar-refractivity contribution in [2.45, 2.75) is 30.7 Å². The third-order valence-corrected chi connectivity index (χ3v) is 4.97. The number of nitrogens with one attached hydrogen (secondary N) is 1. The molecule has 0 fully saturated rings. The van der Waals surface area contributed by atoms with E-state index in [0.29, 0.717) is 12.8 Å². The molecular formula is C13H13Cl2NO4S. The second kappa shape index (κ2) is 7.14. The van der Waals surface area contributed by atoms with Crippen molar-refractivity contribution in [3.8, 4) is 12.3 Å². The van der Waals surface area contributed by atoms with Gasteiger partial charge in [-0.15, -0.1) is 6.42 Å². The van der Waals surface area contributed by atoms with E-state index in [1.54, 1.807) is 0 Å². The summed E-state index contributed by atoms with van der Waals surface area (Å²) in [5.74, 6) is 0.908. The van der Waals surface area contributed by atoms with E-state index in [9.17, 15) is 13.2 Å². The lowest BCUT2D eigenvalue weighted by Crippen LogP contribution is -2.34. The smallest absolute Gasteiger partial charge is 0.338 e. The predicted octanol–water partition coefficient (Wildman–Crippen LogP) is 2.77. The SMILES string of the molecule is C#CC(CCC)NS(=O)(=O)c1ccc(Cl)c(C(=O)O)c1Cl. The summed E-state index contributed by atoms with van der Waals surface area (Å²) in [6, 6.07) is 1.61. The first-order chi connectivity index (χ1) is 9.74. The fraction of sp³-hybridized carbons (Fsp3) is 0.308. The molecule has 1 aromatic rings. The minimum atomic E-state index is -4.04. The molecule has 0 bridgehead atoms. The first kappa shape index (κ1) is 17.8. The van der Waals surface area contributed by atoms with E-state index in [1.165, 1.54) is 0 Å². The van der Waals surface area contributed by atoms with Gasteiger partial charge in [0, 0.05) is 0 Å². The molecule has 0 spiro atoms. The third kappa shape index (κ3) is 4.11. The summed E-state index contributed by atoms with van der Waals surface area (Å²) in [7, 11) is -4.04. The van der Waals surface area contributed by atoms with Crippen molar-refractivity contribution in [1.82, 2.24) is 4.72 Å². The number of hydrogen-bond donors (Lipinski definition) is 2. The zero-order chi connectivity index (χ0) is 16.2. The highest BCUT2D eigenvalue weighted by Crippen LogP contribution is 2.31. The average molecular weight is 350 g/mol. The summed E-state index contributed by atoms with van der Waals surface area (Å²) in [5, 5.41) is 8.44. The molecule has 0 saturated carbocycles. The number of carboxylic acid groups (broad SMARTS) is 1. The lowest BCUT2D eigenvalue weighted by Gasteiger charge is -2.14. The van der Waals surface area contributed by atoms with E-state index in [0.717, 1.165) is 12.1 Å². The quantitative estimate of drug-likeness (QED) is 0.773. The molecule has 0 saturated heterocycles. The number of carboxylic acids is 1. The molecule has 0 heterocycles. The lowest BCUT2D eigenvalue weighted by molar-refractivity contribution is 0.0697.